The molecule has 1 aliphatic heterocycles. The third kappa shape index (κ3) is 3.31. The maximum absolute atomic E-state index is 9.97. The first-order chi connectivity index (χ1) is 8.45. The summed E-state index contributed by atoms with van der Waals surface area (Å²) in [4.78, 5) is 2.36. The van der Waals surface area contributed by atoms with Gasteiger partial charge in [-0.2, -0.15) is 0 Å². The number of nitrogens with zero attached hydrogens (tertiary/aromatic N) is 1. The second-order valence-corrected chi connectivity index (χ2v) is 6.38. The largest absolute Gasteiger partial charge is 0.506 e. The van der Waals surface area contributed by atoms with Gasteiger partial charge in [-0.25, -0.2) is 0 Å². The normalized spacial score (nSPS) is 25.3. The van der Waals surface area contributed by atoms with Crippen molar-refractivity contribution in [2.45, 2.75) is 26.8 Å². The summed E-state index contributed by atoms with van der Waals surface area (Å²) in [7, 11) is 0. The molecule has 1 saturated heterocycles. The lowest BCUT2D eigenvalue weighted by Gasteiger charge is -2.35. The molecule has 0 amide bonds. The minimum atomic E-state index is 0.159. The van der Waals surface area contributed by atoms with Crippen molar-refractivity contribution in [3.63, 3.8) is 0 Å². The van der Waals surface area contributed by atoms with Crippen LogP contribution in [0.3, 0.4) is 0 Å². The number of halogens is 2. The zero-order chi connectivity index (χ0) is 13.3. The Hall–Kier alpha value is -0.440. The van der Waals surface area contributed by atoms with Crippen molar-refractivity contribution in [1.29, 1.82) is 0 Å². The quantitative estimate of drug-likeness (QED) is 0.882. The molecule has 0 spiro atoms. The first-order valence-corrected chi connectivity index (χ1v) is 7.10. The first kappa shape index (κ1) is 14.0. The fraction of sp³-hybridized carbons (Fsp3) is 0.571. The van der Waals surface area contributed by atoms with Gasteiger partial charge in [-0.15, -0.1) is 0 Å². The molecule has 100 valence electrons. The van der Waals surface area contributed by atoms with Crippen molar-refractivity contribution < 1.29 is 5.11 Å². The number of phenolic OH excluding ortho intramolecular Hbond substituents is 1. The standard InChI is InChI=1S/C14H19Cl2NO/c1-9-3-10(2)7-17(6-9)8-11-4-12(15)5-13(16)14(11)18/h4-5,9-10,18H,3,6-8H2,1-2H3. The molecule has 1 heterocycles. The highest BCUT2D eigenvalue weighted by atomic mass is 35.5. The topological polar surface area (TPSA) is 23.5 Å². The molecule has 2 unspecified atom stereocenters. The maximum Gasteiger partial charge on any atom is 0.138 e. The molecule has 0 saturated carbocycles. The van der Waals surface area contributed by atoms with Crippen LogP contribution in [0.2, 0.25) is 10.0 Å². The highest BCUT2D eigenvalue weighted by Crippen LogP contribution is 2.33. The van der Waals surface area contributed by atoms with E-state index in [-0.39, 0.29) is 5.75 Å². The van der Waals surface area contributed by atoms with Crippen molar-refractivity contribution in [3.05, 3.63) is 27.7 Å². The van der Waals surface area contributed by atoms with Gasteiger partial charge in [-0.1, -0.05) is 37.0 Å². The summed E-state index contributed by atoms with van der Waals surface area (Å²) in [5.74, 6) is 1.56. The second-order valence-electron chi connectivity index (χ2n) is 5.54. The third-order valence-corrected chi connectivity index (χ3v) is 3.95. The van der Waals surface area contributed by atoms with Crippen LogP contribution in [-0.4, -0.2) is 23.1 Å². The molecular formula is C14H19Cl2NO. The Kier molecular flexibility index (Phi) is 4.41. The molecular weight excluding hydrogens is 269 g/mol. The van der Waals surface area contributed by atoms with Gasteiger partial charge in [0.25, 0.3) is 0 Å². The Morgan fingerprint density at radius 1 is 1.22 bits per heavy atom. The van der Waals surface area contributed by atoms with Gasteiger partial charge < -0.3 is 5.11 Å². The van der Waals surface area contributed by atoms with E-state index in [1.54, 1.807) is 12.1 Å². The number of benzene rings is 1. The smallest absolute Gasteiger partial charge is 0.138 e. The van der Waals surface area contributed by atoms with E-state index in [2.05, 4.69) is 18.7 Å². The van der Waals surface area contributed by atoms with E-state index in [4.69, 9.17) is 23.2 Å². The van der Waals surface area contributed by atoms with E-state index in [1.165, 1.54) is 6.42 Å². The molecule has 1 aromatic rings. The molecule has 1 aliphatic rings. The highest BCUT2D eigenvalue weighted by molar-refractivity contribution is 6.35. The number of hydrogen-bond donors (Lipinski definition) is 1. The fourth-order valence-corrected chi connectivity index (χ4v) is 3.44. The van der Waals surface area contributed by atoms with Crippen LogP contribution >= 0.6 is 23.2 Å². The third-order valence-electron chi connectivity index (χ3n) is 3.45. The van der Waals surface area contributed by atoms with Gasteiger partial charge in [0.1, 0.15) is 5.75 Å². The van der Waals surface area contributed by atoms with Crippen LogP contribution in [0.15, 0.2) is 12.1 Å². The van der Waals surface area contributed by atoms with Crippen LogP contribution in [-0.2, 0) is 6.54 Å². The summed E-state index contributed by atoms with van der Waals surface area (Å²) in [6, 6.07) is 3.37. The number of piperidine rings is 1. The van der Waals surface area contributed by atoms with Crippen LogP contribution in [0.4, 0.5) is 0 Å². The molecule has 1 aromatic carbocycles. The van der Waals surface area contributed by atoms with E-state index >= 15 is 0 Å². The average Bonchev–Trinajstić information content (AvgIpc) is 2.23. The van der Waals surface area contributed by atoms with Crippen molar-refractivity contribution in [1.82, 2.24) is 4.90 Å². The van der Waals surface area contributed by atoms with Gasteiger partial charge in [-0.3, -0.25) is 4.90 Å². The Bertz CT molecular complexity index is 426. The molecule has 2 atom stereocenters. The van der Waals surface area contributed by atoms with E-state index in [9.17, 15) is 5.11 Å². The number of phenols is 1. The molecule has 0 radical (unpaired) electrons. The summed E-state index contributed by atoms with van der Waals surface area (Å²) < 4.78 is 0. The highest BCUT2D eigenvalue weighted by Gasteiger charge is 2.22. The van der Waals surface area contributed by atoms with E-state index in [1.807, 2.05) is 0 Å². The summed E-state index contributed by atoms with van der Waals surface area (Å²) in [5, 5.41) is 10.9. The maximum atomic E-state index is 9.97. The molecule has 1 fully saturated rings. The van der Waals surface area contributed by atoms with Crippen LogP contribution < -0.4 is 0 Å². The Morgan fingerprint density at radius 3 is 2.44 bits per heavy atom. The SMILES string of the molecule is CC1CC(C)CN(Cc2cc(Cl)cc(Cl)c2O)C1. The van der Waals surface area contributed by atoms with Gasteiger partial charge >= 0.3 is 0 Å². The Labute approximate surface area is 119 Å². The van der Waals surface area contributed by atoms with E-state index < -0.39 is 0 Å². The first-order valence-electron chi connectivity index (χ1n) is 6.35. The molecule has 18 heavy (non-hydrogen) atoms. The van der Waals surface area contributed by atoms with Crippen LogP contribution in [0.1, 0.15) is 25.8 Å². The molecule has 1 N–H and O–H groups in total. The molecule has 2 nitrogen and oxygen atoms in total. The van der Waals surface area contributed by atoms with Crippen LogP contribution in [0.5, 0.6) is 5.75 Å². The van der Waals surface area contributed by atoms with Crippen LogP contribution in [0, 0.1) is 11.8 Å². The Balaban J connectivity index is 2.14. The van der Waals surface area contributed by atoms with Gasteiger partial charge in [0, 0.05) is 30.2 Å². The molecule has 4 heteroatoms. The number of rotatable bonds is 2. The zero-order valence-corrected chi connectivity index (χ0v) is 12.3. The molecule has 2 rings (SSSR count). The predicted molar refractivity (Wildman–Crippen MR) is 76.3 cm³/mol. The molecule has 0 aliphatic carbocycles. The van der Waals surface area contributed by atoms with E-state index in [0.29, 0.717) is 28.4 Å². The fourth-order valence-electron chi connectivity index (χ4n) is 2.90. The van der Waals surface area contributed by atoms with E-state index in [0.717, 1.165) is 18.7 Å². The lowest BCUT2D eigenvalue weighted by Crippen LogP contribution is -2.38. The summed E-state index contributed by atoms with van der Waals surface area (Å²) in [6.07, 6.45) is 1.28. The van der Waals surface area contributed by atoms with Crippen molar-refractivity contribution in [3.8, 4) is 5.75 Å². The average molecular weight is 288 g/mol. The van der Waals surface area contributed by atoms with Gasteiger partial charge in [0.15, 0.2) is 0 Å². The minimum absolute atomic E-state index is 0.159. The second kappa shape index (κ2) is 5.68. The number of hydrogen-bond acceptors (Lipinski definition) is 2. The summed E-state index contributed by atoms with van der Waals surface area (Å²) in [6.45, 7) is 7.38. The minimum Gasteiger partial charge on any atom is -0.506 e. The predicted octanol–water partition coefficient (Wildman–Crippen LogP) is 4.18. The lowest BCUT2D eigenvalue weighted by atomic mass is 9.91. The number of aromatic hydroxyl groups is 1. The van der Waals surface area contributed by atoms with Crippen molar-refractivity contribution in [2.75, 3.05) is 13.1 Å². The van der Waals surface area contributed by atoms with Gasteiger partial charge in [0.2, 0.25) is 0 Å². The molecule has 0 aromatic heterocycles. The Morgan fingerprint density at radius 2 is 1.83 bits per heavy atom. The lowest BCUT2D eigenvalue weighted by molar-refractivity contribution is 0.133. The van der Waals surface area contributed by atoms with Gasteiger partial charge in [0.05, 0.1) is 5.02 Å². The summed E-state index contributed by atoms with van der Waals surface area (Å²) >= 11 is 11.9. The van der Waals surface area contributed by atoms with Crippen LogP contribution in [0.25, 0.3) is 0 Å². The molecule has 0 bridgehead atoms. The monoisotopic (exact) mass is 287 g/mol. The van der Waals surface area contributed by atoms with Gasteiger partial charge in [-0.05, 0) is 30.4 Å². The number of likely N-dealkylation sites (tertiary alicyclic amines) is 1. The zero-order valence-electron chi connectivity index (χ0n) is 10.8. The van der Waals surface area contributed by atoms with Crippen molar-refractivity contribution in [2.24, 2.45) is 11.8 Å². The van der Waals surface area contributed by atoms with Crippen molar-refractivity contribution >= 4 is 23.2 Å². The summed E-state index contributed by atoms with van der Waals surface area (Å²) in [5.41, 5.74) is 0.814.